The number of carboxylic acid groups (broad SMARTS) is 1. The fourth-order valence-electron chi connectivity index (χ4n) is 3.39. The highest BCUT2D eigenvalue weighted by Gasteiger charge is 2.28. The average Bonchev–Trinajstić information content (AvgIpc) is 2.84. The number of aromatic nitrogens is 2. The molecule has 0 spiro atoms. The van der Waals surface area contributed by atoms with Gasteiger partial charge in [-0.25, -0.2) is 9.78 Å². The normalized spacial score (nSPS) is 18.0. The van der Waals surface area contributed by atoms with E-state index < -0.39 is 5.97 Å². The maximum Gasteiger partial charge on any atom is 0.354 e. The highest BCUT2D eigenvalue weighted by atomic mass is 16.5. The van der Waals surface area contributed by atoms with E-state index in [1.165, 1.54) is 5.69 Å². The summed E-state index contributed by atoms with van der Waals surface area (Å²) in [5.41, 5.74) is 4.87. The van der Waals surface area contributed by atoms with Crippen LogP contribution in [0.4, 0.5) is 0 Å². The third-order valence-corrected chi connectivity index (χ3v) is 4.28. The standard InChI is InChI=1S/C16H20N2O3/c1-4-21-11-7-5-6-10-13(11)12-8(2)14(16(19)20)17-9(3)15(12)18-10/h11,18H,4-7H2,1-3H3,(H,19,20). The van der Waals surface area contributed by atoms with Crippen LogP contribution in [0.1, 0.15) is 58.9 Å². The molecular formula is C16H20N2O3. The lowest BCUT2D eigenvalue weighted by molar-refractivity contribution is 0.0509. The molecule has 0 aliphatic heterocycles. The molecular weight excluding hydrogens is 268 g/mol. The summed E-state index contributed by atoms with van der Waals surface area (Å²) in [6.45, 7) is 6.34. The molecule has 0 aromatic carbocycles. The topological polar surface area (TPSA) is 75.2 Å². The Morgan fingerprint density at radius 2 is 2.24 bits per heavy atom. The summed E-state index contributed by atoms with van der Waals surface area (Å²) in [5, 5.41) is 10.4. The van der Waals surface area contributed by atoms with Crippen LogP contribution in [0.5, 0.6) is 0 Å². The number of aromatic carboxylic acids is 1. The molecule has 1 aliphatic carbocycles. The number of fused-ring (bicyclic) bond motifs is 3. The molecule has 2 heterocycles. The van der Waals surface area contributed by atoms with Gasteiger partial charge in [0, 0.05) is 23.3 Å². The highest BCUT2D eigenvalue weighted by molar-refractivity contribution is 5.98. The molecule has 0 radical (unpaired) electrons. The summed E-state index contributed by atoms with van der Waals surface area (Å²) in [6, 6.07) is 0. The molecule has 0 fully saturated rings. The first-order valence-electron chi connectivity index (χ1n) is 7.41. The van der Waals surface area contributed by atoms with Gasteiger partial charge in [-0.2, -0.15) is 0 Å². The summed E-state index contributed by atoms with van der Waals surface area (Å²) in [6.07, 6.45) is 3.10. The zero-order valence-electron chi connectivity index (χ0n) is 12.6. The molecule has 0 saturated carbocycles. The molecule has 2 N–H and O–H groups in total. The van der Waals surface area contributed by atoms with Gasteiger partial charge in [0.2, 0.25) is 0 Å². The average molecular weight is 288 g/mol. The van der Waals surface area contributed by atoms with Crippen molar-refractivity contribution in [2.75, 3.05) is 6.61 Å². The van der Waals surface area contributed by atoms with Crippen molar-refractivity contribution in [1.29, 1.82) is 0 Å². The van der Waals surface area contributed by atoms with Gasteiger partial charge in [-0.1, -0.05) is 0 Å². The van der Waals surface area contributed by atoms with E-state index in [-0.39, 0.29) is 11.8 Å². The predicted octanol–water partition coefficient (Wildman–Crippen LogP) is 3.29. The Balaban J connectivity index is 2.33. The molecule has 1 aliphatic rings. The number of H-pyrrole nitrogens is 1. The molecule has 5 nitrogen and oxygen atoms in total. The number of nitrogens with zero attached hydrogens (tertiary/aromatic N) is 1. The first kappa shape index (κ1) is 14.1. The molecule has 2 aromatic rings. The lowest BCUT2D eigenvalue weighted by Crippen LogP contribution is -2.13. The van der Waals surface area contributed by atoms with Crippen LogP contribution in [-0.2, 0) is 11.2 Å². The Bertz CT molecular complexity index is 718. The van der Waals surface area contributed by atoms with Crippen LogP contribution in [0.25, 0.3) is 10.9 Å². The van der Waals surface area contributed by atoms with Crippen LogP contribution < -0.4 is 0 Å². The number of aromatic amines is 1. The number of hydrogen-bond donors (Lipinski definition) is 2. The van der Waals surface area contributed by atoms with Gasteiger partial charge in [0.1, 0.15) is 0 Å². The Morgan fingerprint density at radius 1 is 1.48 bits per heavy atom. The van der Waals surface area contributed by atoms with Crippen LogP contribution in [0.15, 0.2) is 0 Å². The van der Waals surface area contributed by atoms with Crippen LogP contribution >= 0.6 is 0 Å². The zero-order chi connectivity index (χ0) is 15.1. The molecule has 1 unspecified atom stereocenters. The molecule has 0 saturated heterocycles. The number of ether oxygens (including phenoxy) is 1. The SMILES string of the molecule is CCOC1CCCc2[nH]c3c(C)nc(C(=O)O)c(C)c3c21. The largest absolute Gasteiger partial charge is 0.477 e. The van der Waals surface area contributed by atoms with Crippen molar-refractivity contribution in [3.63, 3.8) is 0 Å². The zero-order valence-corrected chi connectivity index (χ0v) is 12.6. The Morgan fingerprint density at radius 3 is 2.90 bits per heavy atom. The third kappa shape index (κ3) is 2.12. The van der Waals surface area contributed by atoms with Crippen LogP contribution in [0.3, 0.4) is 0 Å². The van der Waals surface area contributed by atoms with Crippen LogP contribution in [0.2, 0.25) is 0 Å². The molecule has 21 heavy (non-hydrogen) atoms. The first-order valence-corrected chi connectivity index (χ1v) is 7.41. The van der Waals surface area contributed by atoms with Gasteiger partial charge in [0.25, 0.3) is 0 Å². The van der Waals surface area contributed by atoms with Crippen molar-refractivity contribution in [3.05, 3.63) is 28.2 Å². The van der Waals surface area contributed by atoms with E-state index in [2.05, 4.69) is 9.97 Å². The fraction of sp³-hybridized carbons (Fsp3) is 0.500. The Hall–Kier alpha value is -1.88. The number of nitrogens with one attached hydrogen (secondary N) is 1. The van der Waals surface area contributed by atoms with Crippen molar-refractivity contribution < 1.29 is 14.6 Å². The minimum Gasteiger partial charge on any atom is -0.477 e. The van der Waals surface area contributed by atoms with Gasteiger partial charge in [-0.15, -0.1) is 0 Å². The second-order valence-electron chi connectivity index (χ2n) is 5.58. The minimum absolute atomic E-state index is 0.0506. The van der Waals surface area contributed by atoms with Gasteiger partial charge >= 0.3 is 5.97 Å². The van der Waals surface area contributed by atoms with E-state index >= 15 is 0 Å². The highest BCUT2D eigenvalue weighted by Crippen LogP contribution is 2.40. The molecule has 112 valence electrons. The van der Waals surface area contributed by atoms with Gasteiger partial charge in [0.15, 0.2) is 5.69 Å². The molecule has 1 atom stereocenters. The van der Waals surface area contributed by atoms with Crippen molar-refractivity contribution in [1.82, 2.24) is 9.97 Å². The van der Waals surface area contributed by atoms with Crippen LogP contribution in [0, 0.1) is 13.8 Å². The lowest BCUT2D eigenvalue weighted by atomic mass is 9.91. The van der Waals surface area contributed by atoms with Crippen molar-refractivity contribution in [2.45, 2.75) is 46.1 Å². The van der Waals surface area contributed by atoms with E-state index in [0.717, 1.165) is 47.0 Å². The van der Waals surface area contributed by atoms with E-state index in [1.807, 2.05) is 20.8 Å². The lowest BCUT2D eigenvalue weighted by Gasteiger charge is -2.23. The molecule has 5 heteroatoms. The van der Waals surface area contributed by atoms with Crippen molar-refractivity contribution in [3.8, 4) is 0 Å². The number of hydrogen-bond acceptors (Lipinski definition) is 3. The third-order valence-electron chi connectivity index (χ3n) is 4.28. The predicted molar refractivity (Wildman–Crippen MR) is 79.8 cm³/mol. The first-order chi connectivity index (χ1) is 10.0. The molecule has 2 aromatic heterocycles. The molecule has 3 rings (SSSR count). The number of pyridine rings is 1. The minimum atomic E-state index is -0.976. The number of aryl methyl sites for hydroxylation is 3. The van der Waals surface area contributed by atoms with Gasteiger partial charge in [-0.3, -0.25) is 0 Å². The van der Waals surface area contributed by atoms with E-state index in [1.54, 1.807) is 0 Å². The van der Waals surface area contributed by atoms with Crippen LogP contribution in [-0.4, -0.2) is 27.7 Å². The summed E-state index contributed by atoms with van der Waals surface area (Å²) >= 11 is 0. The second kappa shape index (κ2) is 5.15. The summed E-state index contributed by atoms with van der Waals surface area (Å²) in [7, 11) is 0. The number of rotatable bonds is 3. The summed E-state index contributed by atoms with van der Waals surface area (Å²) < 4.78 is 5.88. The maximum absolute atomic E-state index is 11.4. The van der Waals surface area contributed by atoms with Gasteiger partial charge < -0.3 is 14.8 Å². The van der Waals surface area contributed by atoms with E-state index in [4.69, 9.17) is 4.74 Å². The van der Waals surface area contributed by atoms with Crippen molar-refractivity contribution >= 4 is 16.9 Å². The smallest absolute Gasteiger partial charge is 0.354 e. The monoisotopic (exact) mass is 288 g/mol. The molecule has 0 bridgehead atoms. The van der Waals surface area contributed by atoms with Gasteiger partial charge in [-0.05, 0) is 45.6 Å². The van der Waals surface area contributed by atoms with Crippen molar-refractivity contribution in [2.24, 2.45) is 0 Å². The Kier molecular flexibility index (Phi) is 3.45. The van der Waals surface area contributed by atoms with E-state index in [9.17, 15) is 9.90 Å². The van der Waals surface area contributed by atoms with E-state index in [0.29, 0.717) is 6.61 Å². The fourth-order valence-corrected chi connectivity index (χ4v) is 3.39. The Labute approximate surface area is 123 Å². The molecule has 0 amide bonds. The summed E-state index contributed by atoms with van der Waals surface area (Å²) in [4.78, 5) is 19.1. The number of carbonyl (C=O) groups is 1. The second-order valence-corrected chi connectivity index (χ2v) is 5.58. The summed E-state index contributed by atoms with van der Waals surface area (Å²) in [5.74, 6) is -0.976. The maximum atomic E-state index is 11.4. The van der Waals surface area contributed by atoms with Gasteiger partial charge in [0.05, 0.1) is 17.3 Å². The quantitative estimate of drug-likeness (QED) is 0.908. The number of carboxylic acids is 1.